The summed E-state index contributed by atoms with van der Waals surface area (Å²) in [4.78, 5) is 27.2. The number of amidine groups is 1. The molecule has 1 aliphatic rings. The van der Waals surface area contributed by atoms with Crippen molar-refractivity contribution in [2.45, 2.75) is 12.6 Å². The highest BCUT2D eigenvalue weighted by Crippen LogP contribution is 2.32. The average molecular weight is 392 g/mol. The van der Waals surface area contributed by atoms with Crippen molar-refractivity contribution in [1.29, 1.82) is 0 Å². The monoisotopic (exact) mass is 392 g/mol. The van der Waals surface area contributed by atoms with Crippen LogP contribution in [0.3, 0.4) is 0 Å². The van der Waals surface area contributed by atoms with Crippen LogP contribution in [0.4, 0.5) is 18.9 Å². The van der Waals surface area contributed by atoms with Gasteiger partial charge in [0, 0.05) is 16.8 Å². The molecule has 10 heteroatoms. The molecule has 1 aliphatic heterocycles. The number of carbonyl (C=O) groups is 2. The second-order valence-electron chi connectivity index (χ2n) is 5.98. The Labute approximate surface area is 157 Å². The Hall–Kier alpha value is -3.56. The van der Waals surface area contributed by atoms with Crippen LogP contribution < -0.4 is 16.2 Å². The number of carbonyl (C=O) groups excluding carboxylic acids is 2. The first-order valence-electron chi connectivity index (χ1n) is 8.11. The van der Waals surface area contributed by atoms with Crippen molar-refractivity contribution in [3.8, 4) is 5.75 Å². The number of phenolic OH excluding ortho intramolecular Hbond substituents is 1. The summed E-state index contributed by atoms with van der Waals surface area (Å²) >= 11 is 0. The minimum Gasteiger partial charge on any atom is -0.508 e. The van der Waals surface area contributed by atoms with Crippen molar-refractivity contribution in [3.05, 3.63) is 59.2 Å². The van der Waals surface area contributed by atoms with Crippen LogP contribution in [0.1, 0.15) is 16.7 Å². The molecular formula is C18H15F3N4O3. The molecule has 0 unspecified atom stereocenters. The molecule has 2 aromatic carbocycles. The number of rotatable bonds is 4. The third kappa shape index (κ3) is 4.58. The zero-order valence-electron chi connectivity index (χ0n) is 14.3. The van der Waals surface area contributed by atoms with E-state index in [-0.39, 0.29) is 23.8 Å². The molecule has 0 aromatic heterocycles. The summed E-state index contributed by atoms with van der Waals surface area (Å²) in [5.74, 6) is -0.762. The number of aliphatic imine (C=N–C) groups is 1. The summed E-state index contributed by atoms with van der Waals surface area (Å²) in [7, 11) is 0. The fraction of sp³-hybridized carbons (Fsp3) is 0.167. The first kappa shape index (κ1) is 19.2. The summed E-state index contributed by atoms with van der Waals surface area (Å²) < 4.78 is 38.3. The van der Waals surface area contributed by atoms with Crippen molar-refractivity contribution in [2.75, 3.05) is 11.9 Å². The molecule has 146 valence electrons. The van der Waals surface area contributed by atoms with Crippen LogP contribution in [0.5, 0.6) is 5.75 Å². The van der Waals surface area contributed by atoms with Crippen LogP contribution >= 0.6 is 0 Å². The van der Waals surface area contributed by atoms with Gasteiger partial charge in [-0.25, -0.2) is 0 Å². The van der Waals surface area contributed by atoms with E-state index in [0.29, 0.717) is 17.1 Å². The predicted octanol–water partition coefficient (Wildman–Crippen LogP) is 1.97. The van der Waals surface area contributed by atoms with Gasteiger partial charge in [-0.2, -0.15) is 13.2 Å². The molecule has 3 rings (SSSR count). The first-order chi connectivity index (χ1) is 13.2. The van der Waals surface area contributed by atoms with Gasteiger partial charge in [-0.3, -0.25) is 25.4 Å². The third-order valence-corrected chi connectivity index (χ3v) is 3.90. The molecule has 0 fully saturated rings. The predicted molar refractivity (Wildman–Crippen MR) is 94.6 cm³/mol. The zero-order chi connectivity index (χ0) is 20.3. The lowest BCUT2D eigenvalue weighted by Gasteiger charge is -2.16. The van der Waals surface area contributed by atoms with E-state index in [4.69, 9.17) is 0 Å². The van der Waals surface area contributed by atoms with Gasteiger partial charge in [0.15, 0.2) is 0 Å². The van der Waals surface area contributed by atoms with Gasteiger partial charge in [-0.1, -0.05) is 0 Å². The van der Waals surface area contributed by atoms with E-state index >= 15 is 0 Å². The zero-order valence-corrected chi connectivity index (χ0v) is 14.3. The molecule has 0 bridgehead atoms. The summed E-state index contributed by atoms with van der Waals surface area (Å²) in [6.45, 7) is 0.00129. The quantitative estimate of drug-likeness (QED) is 0.639. The average Bonchev–Trinajstić information content (AvgIpc) is 2.64. The summed E-state index contributed by atoms with van der Waals surface area (Å²) in [5.41, 5.74) is 5.10. The Morgan fingerprint density at radius 1 is 1.14 bits per heavy atom. The van der Waals surface area contributed by atoms with Gasteiger partial charge in [0.05, 0.1) is 12.0 Å². The fourth-order valence-corrected chi connectivity index (χ4v) is 2.52. The fourth-order valence-electron chi connectivity index (χ4n) is 2.52. The van der Waals surface area contributed by atoms with E-state index in [1.165, 1.54) is 0 Å². The maximum absolute atomic E-state index is 12.8. The normalized spacial score (nSPS) is 14.0. The van der Waals surface area contributed by atoms with E-state index in [0.717, 1.165) is 18.2 Å². The van der Waals surface area contributed by atoms with Crippen molar-refractivity contribution in [3.63, 3.8) is 0 Å². The minimum atomic E-state index is -4.57. The van der Waals surface area contributed by atoms with Crippen molar-refractivity contribution >= 4 is 23.3 Å². The molecule has 4 N–H and O–H groups in total. The van der Waals surface area contributed by atoms with Gasteiger partial charge in [0.1, 0.15) is 18.1 Å². The van der Waals surface area contributed by atoms with Gasteiger partial charge in [0.2, 0.25) is 5.91 Å². The second-order valence-corrected chi connectivity index (χ2v) is 5.98. The number of alkyl halides is 3. The highest BCUT2D eigenvalue weighted by Gasteiger charge is 2.31. The van der Waals surface area contributed by atoms with Crippen LogP contribution in [0, 0.1) is 0 Å². The van der Waals surface area contributed by atoms with E-state index in [9.17, 15) is 27.9 Å². The molecule has 0 spiro atoms. The number of nitrogens with zero attached hydrogens (tertiary/aromatic N) is 1. The lowest BCUT2D eigenvalue weighted by atomic mass is 10.1. The summed E-state index contributed by atoms with van der Waals surface area (Å²) in [5, 5.41) is 12.3. The first-order valence-corrected chi connectivity index (χ1v) is 8.11. The molecule has 1 heterocycles. The van der Waals surface area contributed by atoms with Crippen molar-refractivity contribution < 1.29 is 27.9 Å². The lowest BCUT2D eigenvalue weighted by molar-refractivity contribution is -0.137. The Bertz CT molecular complexity index is 940. The van der Waals surface area contributed by atoms with E-state index in [2.05, 4.69) is 21.2 Å². The summed E-state index contributed by atoms with van der Waals surface area (Å²) in [6.07, 6.45) is -4.98. The molecule has 0 saturated carbocycles. The van der Waals surface area contributed by atoms with Crippen LogP contribution in [0.25, 0.3) is 0 Å². The van der Waals surface area contributed by atoms with Gasteiger partial charge in [-0.05, 0) is 42.5 Å². The molecule has 28 heavy (non-hydrogen) atoms. The highest BCUT2D eigenvalue weighted by atomic mass is 19.4. The number of hydrogen-bond donors (Lipinski definition) is 4. The standard InChI is InChI=1S/C18H15F3N4O3/c19-18(20,21)12-3-6-14(26)11(7-12)8-15(27)23-13-4-1-10(2-5-13)17-22-9-16(28)24-25-17/h1-7,26H,8-9H2,(H,22,25)(H,23,27)(H,24,28). The van der Waals surface area contributed by atoms with E-state index < -0.39 is 24.1 Å². The molecule has 0 atom stereocenters. The highest BCUT2D eigenvalue weighted by molar-refractivity contribution is 6.03. The second kappa shape index (κ2) is 7.59. The number of hydrazine groups is 1. The molecule has 7 nitrogen and oxygen atoms in total. The van der Waals surface area contributed by atoms with E-state index in [1.54, 1.807) is 24.3 Å². The maximum Gasteiger partial charge on any atom is 0.416 e. The maximum atomic E-state index is 12.8. The van der Waals surface area contributed by atoms with Gasteiger partial charge < -0.3 is 10.4 Å². The third-order valence-electron chi connectivity index (χ3n) is 3.90. The van der Waals surface area contributed by atoms with Gasteiger partial charge >= 0.3 is 6.18 Å². The van der Waals surface area contributed by atoms with Crippen molar-refractivity contribution in [2.24, 2.45) is 4.99 Å². The minimum absolute atomic E-state index is 0.00129. The number of halogens is 3. The molecular weight excluding hydrogens is 377 g/mol. The smallest absolute Gasteiger partial charge is 0.416 e. The van der Waals surface area contributed by atoms with Crippen LogP contribution in [-0.2, 0) is 22.2 Å². The van der Waals surface area contributed by atoms with Gasteiger partial charge in [-0.15, -0.1) is 0 Å². The largest absolute Gasteiger partial charge is 0.508 e. The number of amides is 2. The number of benzene rings is 2. The molecule has 0 radical (unpaired) electrons. The number of phenols is 1. The Balaban J connectivity index is 1.66. The molecule has 0 aliphatic carbocycles. The molecule has 2 aromatic rings. The lowest BCUT2D eigenvalue weighted by Crippen LogP contribution is -2.47. The SMILES string of the molecule is O=C1CN=C(c2ccc(NC(=O)Cc3cc(C(F)(F)F)ccc3O)cc2)NN1. The van der Waals surface area contributed by atoms with Crippen LogP contribution in [0.2, 0.25) is 0 Å². The Morgan fingerprint density at radius 3 is 2.46 bits per heavy atom. The molecule has 0 saturated heterocycles. The Kier molecular flexibility index (Phi) is 5.21. The van der Waals surface area contributed by atoms with Gasteiger partial charge in [0.25, 0.3) is 5.91 Å². The van der Waals surface area contributed by atoms with E-state index in [1.807, 2.05) is 0 Å². The Morgan fingerprint density at radius 2 is 1.86 bits per heavy atom. The topological polar surface area (TPSA) is 103 Å². The number of aromatic hydroxyl groups is 1. The number of anilines is 1. The molecule has 2 amide bonds. The number of hydrogen-bond acceptors (Lipinski definition) is 5. The van der Waals surface area contributed by atoms with Crippen LogP contribution in [0.15, 0.2) is 47.5 Å². The summed E-state index contributed by atoms with van der Waals surface area (Å²) in [6, 6.07) is 8.89. The van der Waals surface area contributed by atoms with Crippen molar-refractivity contribution in [1.82, 2.24) is 10.9 Å². The number of nitrogens with one attached hydrogen (secondary N) is 3. The van der Waals surface area contributed by atoms with Crippen LogP contribution in [-0.4, -0.2) is 29.3 Å².